The minimum Gasteiger partial charge on any atom is -0.486 e. The molecular weight excluding hydrogens is 366 g/mol. The lowest BCUT2D eigenvalue weighted by atomic mass is 10.1. The molecule has 0 aromatic heterocycles. The molecule has 2 aromatic rings. The normalized spacial score (nSPS) is 12.4. The summed E-state index contributed by atoms with van der Waals surface area (Å²) in [5.74, 6) is 0.677. The molecule has 1 amide bonds. The zero-order valence-corrected chi connectivity index (χ0v) is 16.1. The van der Waals surface area contributed by atoms with E-state index >= 15 is 0 Å². The summed E-state index contributed by atoms with van der Waals surface area (Å²) < 4.78 is 16.0. The molecule has 3 rings (SSSR count). The lowest BCUT2D eigenvalue weighted by Crippen LogP contribution is -2.22. The van der Waals surface area contributed by atoms with E-state index in [1.165, 1.54) is 11.8 Å². The Kier molecular flexibility index (Phi) is 6.24. The van der Waals surface area contributed by atoms with Gasteiger partial charge in [-0.3, -0.25) is 9.59 Å². The Morgan fingerprint density at radius 2 is 1.78 bits per heavy atom. The van der Waals surface area contributed by atoms with Crippen molar-refractivity contribution < 1.29 is 23.8 Å². The number of aryl methyl sites for hydroxylation is 2. The van der Waals surface area contributed by atoms with Gasteiger partial charge in [-0.15, -0.1) is 11.8 Å². The van der Waals surface area contributed by atoms with Crippen molar-refractivity contribution in [2.75, 3.05) is 30.9 Å². The van der Waals surface area contributed by atoms with Gasteiger partial charge in [0.1, 0.15) is 13.2 Å². The number of anilines is 1. The number of hydrogen-bond donors (Lipinski definition) is 1. The standard InChI is InChI=1S/C20H21NO5S/c1-13-4-3-5-14(2)20(13)21-18(22)11-26-19(23)12-27-15-6-7-16-17(10-15)25-9-8-24-16/h3-7,10H,8-9,11-12H2,1-2H3,(H,21,22). The van der Waals surface area contributed by atoms with E-state index in [0.717, 1.165) is 21.7 Å². The average molecular weight is 387 g/mol. The van der Waals surface area contributed by atoms with Crippen molar-refractivity contribution in [3.63, 3.8) is 0 Å². The van der Waals surface area contributed by atoms with E-state index in [9.17, 15) is 9.59 Å². The van der Waals surface area contributed by atoms with Crippen molar-refractivity contribution in [1.29, 1.82) is 0 Å². The van der Waals surface area contributed by atoms with E-state index in [1.807, 2.05) is 50.2 Å². The number of nitrogens with one attached hydrogen (secondary N) is 1. The molecule has 0 bridgehead atoms. The van der Waals surface area contributed by atoms with E-state index in [4.69, 9.17) is 14.2 Å². The van der Waals surface area contributed by atoms with Gasteiger partial charge in [0, 0.05) is 10.6 Å². The Hall–Kier alpha value is -2.67. The molecule has 0 spiro atoms. The van der Waals surface area contributed by atoms with Crippen LogP contribution >= 0.6 is 11.8 Å². The lowest BCUT2D eigenvalue weighted by Gasteiger charge is -2.18. The second-order valence-corrected chi connectivity index (χ2v) is 7.12. The lowest BCUT2D eigenvalue weighted by molar-refractivity contribution is -0.144. The molecule has 2 aromatic carbocycles. The highest BCUT2D eigenvalue weighted by molar-refractivity contribution is 8.00. The number of benzene rings is 2. The van der Waals surface area contributed by atoms with Gasteiger partial charge in [0.05, 0.1) is 5.75 Å². The average Bonchev–Trinajstić information content (AvgIpc) is 2.67. The van der Waals surface area contributed by atoms with Crippen LogP contribution in [0.4, 0.5) is 5.69 Å². The van der Waals surface area contributed by atoms with Crippen LogP contribution in [0.3, 0.4) is 0 Å². The fraction of sp³-hybridized carbons (Fsp3) is 0.300. The number of amides is 1. The monoisotopic (exact) mass is 387 g/mol. The number of rotatable bonds is 6. The van der Waals surface area contributed by atoms with Gasteiger partial charge in [-0.2, -0.15) is 0 Å². The number of fused-ring (bicyclic) bond motifs is 1. The van der Waals surface area contributed by atoms with Crippen LogP contribution in [-0.4, -0.2) is 37.4 Å². The number of ether oxygens (including phenoxy) is 3. The first kappa shape index (κ1) is 19.1. The van der Waals surface area contributed by atoms with Gasteiger partial charge >= 0.3 is 5.97 Å². The van der Waals surface area contributed by atoms with Gasteiger partial charge in [-0.05, 0) is 43.2 Å². The largest absolute Gasteiger partial charge is 0.486 e. The second-order valence-electron chi connectivity index (χ2n) is 6.07. The van der Waals surface area contributed by atoms with Gasteiger partial charge in [0.2, 0.25) is 0 Å². The fourth-order valence-electron chi connectivity index (χ4n) is 2.63. The maximum atomic E-state index is 12.0. The minimum absolute atomic E-state index is 0.107. The number of thioether (sulfide) groups is 1. The number of para-hydroxylation sites is 1. The number of hydrogen-bond acceptors (Lipinski definition) is 6. The van der Waals surface area contributed by atoms with E-state index in [1.54, 1.807) is 0 Å². The minimum atomic E-state index is -0.452. The summed E-state index contributed by atoms with van der Waals surface area (Å²) in [6, 6.07) is 11.3. The third-order valence-electron chi connectivity index (χ3n) is 3.98. The molecule has 1 heterocycles. The molecule has 0 saturated heterocycles. The van der Waals surface area contributed by atoms with E-state index < -0.39 is 5.97 Å². The summed E-state index contributed by atoms with van der Waals surface area (Å²) in [6.45, 7) is 4.57. The summed E-state index contributed by atoms with van der Waals surface area (Å²) in [6.07, 6.45) is 0. The molecule has 1 aliphatic heterocycles. The molecular formula is C20H21NO5S. The summed E-state index contributed by atoms with van der Waals surface area (Å²) in [7, 11) is 0. The smallest absolute Gasteiger partial charge is 0.316 e. The van der Waals surface area contributed by atoms with E-state index in [-0.39, 0.29) is 18.3 Å². The predicted molar refractivity (Wildman–Crippen MR) is 104 cm³/mol. The van der Waals surface area contributed by atoms with Crippen molar-refractivity contribution in [1.82, 2.24) is 0 Å². The zero-order chi connectivity index (χ0) is 19.2. The SMILES string of the molecule is Cc1cccc(C)c1NC(=O)COC(=O)CSc1ccc2c(c1)OCCO2. The van der Waals surface area contributed by atoms with Crippen molar-refractivity contribution in [3.8, 4) is 11.5 Å². The van der Waals surface area contributed by atoms with Crippen LogP contribution < -0.4 is 14.8 Å². The first-order valence-electron chi connectivity index (χ1n) is 8.57. The summed E-state index contributed by atoms with van der Waals surface area (Å²) in [5.41, 5.74) is 2.68. The molecule has 6 nitrogen and oxygen atoms in total. The van der Waals surface area contributed by atoms with Gasteiger partial charge in [0.15, 0.2) is 18.1 Å². The number of carbonyl (C=O) groups excluding carboxylic acids is 2. The summed E-state index contributed by atoms with van der Waals surface area (Å²) in [5, 5.41) is 2.79. The Morgan fingerprint density at radius 3 is 2.52 bits per heavy atom. The van der Waals surface area contributed by atoms with Crippen LogP contribution in [-0.2, 0) is 14.3 Å². The molecule has 27 heavy (non-hydrogen) atoms. The van der Waals surface area contributed by atoms with Crippen LogP contribution in [0.1, 0.15) is 11.1 Å². The van der Waals surface area contributed by atoms with E-state index in [2.05, 4.69) is 5.32 Å². The van der Waals surface area contributed by atoms with Crippen molar-refractivity contribution in [3.05, 3.63) is 47.5 Å². The van der Waals surface area contributed by atoms with Crippen molar-refractivity contribution in [2.45, 2.75) is 18.7 Å². The van der Waals surface area contributed by atoms with Crippen LogP contribution in [0, 0.1) is 13.8 Å². The highest BCUT2D eigenvalue weighted by Crippen LogP contribution is 2.34. The Morgan fingerprint density at radius 1 is 1.07 bits per heavy atom. The zero-order valence-electron chi connectivity index (χ0n) is 15.2. The molecule has 1 aliphatic rings. The molecule has 0 saturated carbocycles. The fourth-order valence-corrected chi connectivity index (χ4v) is 3.35. The van der Waals surface area contributed by atoms with Gasteiger partial charge in [-0.25, -0.2) is 0 Å². The summed E-state index contributed by atoms with van der Waals surface area (Å²) >= 11 is 1.32. The van der Waals surface area contributed by atoms with Crippen LogP contribution in [0.25, 0.3) is 0 Å². The third-order valence-corrected chi connectivity index (χ3v) is 4.95. The second kappa shape index (κ2) is 8.81. The molecule has 7 heteroatoms. The Bertz CT molecular complexity index is 832. The maximum Gasteiger partial charge on any atom is 0.316 e. The molecule has 0 unspecified atom stereocenters. The highest BCUT2D eigenvalue weighted by Gasteiger charge is 2.14. The topological polar surface area (TPSA) is 73.9 Å². The molecule has 0 fully saturated rings. The number of esters is 1. The molecule has 142 valence electrons. The predicted octanol–water partition coefficient (Wildman–Crippen LogP) is 3.35. The van der Waals surface area contributed by atoms with Crippen molar-refractivity contribution in [2.24, 2.45) is 0 Å². The summed E-state index contributed by atoms with van der Waals surface area (Å²) in [4.78, 5) is 24.8. The Balaban J connectivity index is 1.45. The van der Waals surface area contributed by atoms with Crippen LogP contribution in [0.15, 0.2) is 41.3 Å². The molecule has 0 radical (unpaired) electrons. The third kappa shape index (κ3) is 5.17. The highest BCUT2D eigenvalue weighted by atomic mass is 32.2. The first-order valence-corrected chi connectivity index (χ1v) is 9.55. The first-order chi connectivity index (χ1) is 13.0. The van der Waals surface area contributed by atoms with Gasteiger partial charge in [0.25, 0.3) is 5.91 Å². The van der Waals surface area contributed by atoms with Gasteiger partial charge in [-0.1, -0.05) is 18.2 Å². The van der Waals surface area contributed by atoms with E-state index in [0.29, 0.717) is 24.7 Å². The van der Waals surface area contributed by atoms with Crippen molar-refractivity contribution >= 4 is 29.3 Å². The molecule has 1 N–H and O–H groups in total. The molecule has 0 aliphatic carbocycles. The molecule has 0 atom stereocenters. The number of carbonyl (C=O) groups is 2. The maximum absolute atomic E-state index is 12.0. The Labute approximate surface area is 162 Å². The van der Waals surface area contributed by atoms with Crippen LogP contribution in [0.5, 0.6) is 11.5 Å². The quantitative estimate of drug-likeness (QED) is 0.605. The van der Waals surface area contributed by atoms with Gasteiger partial charge < -0.3 is 19.5 Å². The van der Waals surface area contributed by atoms with Crippen LogP contribution in [0.2, 0.25) is 0 Å².